The Bertz CT molecular complexity index is 1120. The third kappa shape index (κ3) is 4.68. The summed E-state index contributed by atoms with van der Waals surface area (Å²) in [4.78, 5) is 4.49. The monoisotopic (exact) mass is 433 g/mol. The number of benzene rings is 2. The molecule has 0 aliphatic carbocycles. The van der Waals surface area contributed by atoms with Gasteiger partial charge in [0.1, 0.15) is 5.01 Å². The molecule has 0 radical (unpaired) electrons. The van der Waals surface area contributed by atoms with Crippen molar-refractivity contribution in [3.05, 3.63) is 70.7 Å². The van der Waals surface area contributed by atoms with Crippen molar-refractivity contribution < 1.29 is 17.6 Å². The maximum Gasteiger partial charge on any atom is 0.416 e. The van der Waals surface area contributed by atoms with Crippen LogP contribution in [-0.4, -0.2) is 15.2 Å². The molecule has 2 heterocycles. The highest BCUT2D eigenvalue weighted by molar-refractivity contribution is 7.98. The van der Waals surface area contributed by atoms with Crippen molar-refractivity contribution in [1.29, 1.82) is 0 Å². The first-order valence-electron chi connectivity index (χ1n) is 8.54. The SMILES string of the molecule is Cc1cccc(-c2nnc(SCc3csc(-c4ccc(C(F)(F)F)cc4)n3)o2)c1. The lowest BCUT2D eigenvalue weighted by Gasteiger charge is -2.06. The van der Waals surface area contributed by atoms with Gasteiger partial charge in [0, 0.05) is 22.3 Å². The Hall–Kier alpha value is -2.65. The van der Waals surface area contributed by atoms with Crippen molar-refractivity contribution in [3.8, 4) is 22.0 Å². The summed E-state index contributed by atoms with van der Waals surface area (Å²) in [6.45, 7) is 1.99. The van der Waals surface area contributed by atoms with Crippen molar-refractivity contribution >= 4 is 23.1 Å². The van der Waals surface area contributed by atoms with Gasteiger partial charge < -0.3 is 4.42 Å². The summed E-state index contributed by atoms with van der Waals surface area (Å²) in [5, 5.41) is 11.1. The van der Waals surface area contributed by atoms with E-state index in [1.165, 1.54) is 35.2 Å². The van der Waals surface area contributed by atoms with E-state index in [9.17, 15) is 13.2 Å². The van der Waals surface area contributed by atoms with Crippen LogP contribution in [0, 0.1) is 6.92 Å². The van der Waals surface area contributed by atoms with E-state index >= 15 is 0 Å². The second-order valence-electron chi connectivity index (χ2n) is 6.25. The first-order valence-corrected chi connectivity index (χ1v) is 10.4. The van der Waals surface area contributed by atoms with E-state index in [0.717, 1.165) is 29.0 Å². The molecule has 2 aromatic heterocycles. The summed E-state index contributed by atoms with van der Waals surface area (Å²) >= 11 is 2.75. The molecule has 4 aromatic rings. The Balaban J connectivity index is 1.41. The van der Waals surface area contributed by atoms with Crippen LogP contribution in [0.25, 0.3) is 22.0 Å². The number of thioether (sulfide) groups is 1. The normalized spacial score (nSPS) is 11.7. The maximum absolute atomic E-state index is 12.7. The van der Waals surface area contributed by atoms with E-state index in [2.05, 4.69) is 15.2 Å². The molecule has 2 aromatic carbocycles. The number of thiazole rings is 1. The van der Waals surface area contributed by atoms with E-state index < -0.39 is 11.7 Å². The first kappa shape index (κ1) is 19.7. The number of aryl methyl sites for hydroxylation is 1. The minimum Gasteiger partial charge on any atom is -0.411 e. The average molecular weight is 433 g/mol. The van der Waals surface area contributed by atoms with E-state index in [1.807, 2.05) is 36.6 Å². The van der Waals surface area contributed by atoms with Crippen LogP contribution in [0.5, 0.6) is 0 Å². The third-order valence-corrected chi connectivity index (χ3v) is 5.82. The van der Waals surface area contributed by atoms with Crippen molar-refractivity contribution in [2.45, 2.75) is 24.1 Å². The van der Waals surface area contributed by atoms with Gasteiger partial charge in [0.15, 0.2) is 0 Å². The summed E-state index contributed by atoms with van der Waals surface area (Å²) < 4.78 is 43.7. The predicted octanol–water partition coefficient (Wildman–Crippen LogP) is 6.48. The van der Waals surface area contributed by atoms with E-state index in [4.69, 9.17) is 4.42 Å². The molecule has 0 aliphatic heterocycles. The lowest BCUT2D eigenvalue weighted by atomic mass is 10.1. The molecule has 0 saturated carbocycles. The fourth-order valence-electron chi connectivity index (χ4n) is 2.61. The largest absolute Gasteiger partial charge is 0.416 e. The van der Waals surface area contributed by atoms with Crippen LogP contribution in [0.3, 0.4) is 0 Å². The van der Waals surface area contributed by atoms with E-state index in [0.29, 0.717) is 27.4 Å². The molecule has 0 spiro atoms. The molecule has 29 heavy (non-hydrogen) atoms. The van der Waals surface area contributed by atoms with Gasteiger partial charge in [-0.3, -0.25) is 0 Å². The Morgan fingerprint density at radius 3 is 2.55 bits per heavy atom. The Morgan fingerprint density at radius 1 is 1.03 bits per heavy atom. The van der Waals surface area contributed by atoms with Gasteiger partial charge in [0.2, 0.25) is 5.89 Å². The fourth-order valence-corrected chi connectivity index (χ4v) is 4.19. The fraction of sp³-hybridized carbons (Fsp3) is 0.150. The molecule has 0 unspecified atom stereocenters. The molecule has 0 saturated heterocycles. The third-order valence-electron chi connectivity index (χ3n) is 4.03. The van der Waals surface area contributed by atoms with Gasteiger partial charge in [0.25, 0.3) is 5.22 Å². The lowest BCUT2D eigenvalue weighted by Crippen LogP contribution is -2.03. The Labute approximate surface area is 172 Å². The standard InChI is InChI=1S/C20H14F3N3OS2/c1-12-3-2-4-14(9-12)17-25-26-19(27-17)29-11-16-10-28-18(24-16)13-5-7-15(8-6-13)20(21,22)23/h2-10H,11H2,1H3. The number of nitrogens with zero attached hydrogens (tertiary/aromatic N) is 3. The first-order chi connectivity index (χ1) is 13.9. The van der Waals surface area contributed by atoms with Crippen LogP contribution >= 0.6 is 23.1 Å². The van der Waals surface area contributed by atoms with Gasteiger partial charge >= 0.3 is 6.18 Å². The van der Waals surface area contributed by atoms with Gasteiger partial charge in [-0.25, -0.2) is 4.98 Å². The van der Waals surface area contributed by atoms with Crippen molar-refractivity contribution in [3.63, 3.8) is 0 Å². The summed E-state index contributed by atoms with van der Waals surface area (Å²) in [6, 6.07) is 12.8. The summed E-state index contributed by atoms with van der Waals surface area (Å²) in [5.74, 6) is 0.979. The zero-order chi connectivity index (χ0) is 20.4. The molecule has 4 rings (SSSR count). The van der Waals surface area contributed by atoms with Gasteiger partial charge in [0.05, 0.1) is 11.3 Å². The molecule has 0 N–H and O–H groups in total. The lowest BCUT2D eigenvalue weighted by molar-refractivity contribution is -0.137. The zero-order valence-corrected chi connectivity index (χ0v) is 16.7. The highest BCUT2D eigenvalue weighted by Gasteiger charge is 2.30. The topological polar surface area (TPSA) is 51.8 Å². The second-order valence-corrected chi connectivity index (χ2v) is 8.04. The number of alkyl halides is 3. The highest BCUT2D eigenvalue weighted by Crippen LogP contribution is 2.33. The second kappa shape index (κ2) is 8.00. The zero-order valence-electron chi connectivity index (χ0n) is 15.1. The van der Waals surface area contributed by atoms with Crippen LogP contribution in [0.1, 0.15) is 16.8 Å². The summed E-state index contributed by atoms with van der Waals surface area (Å²) in [5.41, 5.74) is 2.74. The number of hydrogen-bond acceptors (Lipinski definition) is 6. The minimum atomic E-state index is -4.34. The average Bonchev–Trinajstić information content (AvgIpc) is 3.35. The van der Waals surface area contributed by atoms with Crippen LogP contribution in [0.4, 0.5) is 13.2 Å². The summed E-state index contributed by atoms with van der Waals surface area (Å²) in [6.07, 6.45) is -4.34. The molecule has 9 heteroatoms. The van der Waals surface area contributed by atoms with Crippen LogP contribution in [0.15, 0.2) is 63.6 Å². The molecule has 0 atom stereocenters. The molecule has 0 amide bonds. The quantitative estimate of drug-likeness (QED) is 0.337. The van der Waals surface area contributed by atoms with Gasteiger partial charge in [-0.2, -0.15) is 13.2 Å². The van der Waals surface area contributed by atoms with Crippen molar-refractivity contribution in [2.24, 2.45) is 0 Å². The van der Waals surface area contributed by atoms with Crippen LogP contribution in [-0.2, 0) is 11.9 Å². The van der Waals surface area contributed by atoms with Crippen molar-refractivity contribution in [2.75, 3.05) is 0 Å². The molecule has 4 nitrogen and oxygen atoms in total. The Morgan fingerprint density at radius 2 is 1.83 bits per heavy atom. The molecule has 0 fully saturated rings. The Kier molecular flexibility index (Phi) is 5.42. The van der Waals surface area contributed by atoms with Gasteiger partial charge in [-0.15, -0.1) is 21.5 Å². The van der Waals surface area contributed by atoms with Crippen LogP contribution in [0.2, 0.25) is 0 Å². The predicted molar refractivity (Wildman–Crippen MR) is 107 cm³/mol. The molecule has 0 bridgehead atoms. The van der Waals surface area contributed by atoms with E-state index in [1.54, 1.807) is 0 Å². The van der Waals surface area contributed by atoms with Gasteiger partial charge in [-0.05, 0) is 31.2 Å². The molecule has 0 aliphatic rings. The molecule has 148 valence electrons. The molecular formula is C20H14F3N3OS2. The van der Waals surface area contributed by atoms with Crippen LogP contribution < -0.4 is 0 Å². The van der Waals surface area contributed by atoms with Gasteiger partial charge in [-0.1, -0.05) is 41.6 Å². The highest BCUT2D eigenvalue weighted by atomic mass is 32.2. The summed E-state index contributed by atoms with van der Waals surface area (Å²) in [7, 11) is 0. The maximum atomic E-state index is 12.7. The number of rotatable bonds is 5. The number of hydrogen-bond donors (Lipinski definition) is 0. The van der Waals surface area contributed by atoms with E-state index in [-0.39, 0.29) is 0 Å². The van der Waals surface area contributed by atoms with Crippen molar-refractivity contribution in [1.82, 2.24) is 15.2 Å². The number of aromatic nitrogens is 3. The number of halogens is 3. The smallest absolute Gasteiger partial charge is 0.411 e. The minimum absolute atomic E-state index is 0.436. The molecular weight excluding hydrogens is 419 g/mol.